The Labute approximate surface area is 206 Å². The molecule has 6 N–H and O–H groups in total. The van der Waals surface area contributed by atoms with E-state index in [0.717, 1.165) is 33.6 Å². The highest BCUT2D eigenvalue weighted by molar-refractivity contribution is 5.94. The number of hydrogen-bond acceptors (Lipinski definition) is 9. The van der Waals surface area contributed by atoms with E-state index in [-0.39, 0.29) is 0 Å². The van der Waals surface area contributed by atoms with Crippen LogP contribution < -0.4 is 22.1 Å². The van der Waals surface area contributed by atoms with Crippen molar-refractivity contribution in [1.82, 2.24) is 15.0 Å². The maximum absolute atomic E-state index is 6.11. The zero-order chi connectivity index (χ0) is 24.5. The average molecular weight is 476 g/mol. The van der Waals surface area contributed by atoms with Crippen LogP contribution in [0.2, 0.25) is 0 Å². The number of hydrogen-bond donors (Lipinski definition) is 4. The maximum Gasteiger partial charge on any atom is 0.206 e. The molecule has 0 bridgehead atoms. The molecular weight excluding hydrogens is 454 g/mol. The van der Waals surface area contributed by atoms with Crippen LogP contribution in [0, 0.1) is 0 Å². The third-order valence-corrected chi connectivity index (χ3v) is 5.84. The van der Waals surface area contributed by atoms with Crippen LogP contribution in [-0.4, -0.2) is 15.0 Å². The molecule has 0 saturated carbocycles. The second-order valence-electron chi connectivity index (χ2n) is 8.06. The SMILES string of the molecule is Nc1ccccc1Nc1occc1-c1ncnc(-c2ccoc2Nc2ccccc2N)c2cncc1-2. The van der Waals surface area contributed by atoms with Crippen LogP contribution in [0.5, 0.6) is 0 Å². The van der Waals surface area contributed by atoms with Crippen molar-refractivity contribution >= 4 is 34.5 Å². The summed E-state index contributed by atoms with van der Waals surface area (Å²) < 4.78 is 11.5. The van der Waals surface area contributed by atoms with Crippen LogP contribution in [0.1, 0.15) is 0 Å². The Hall–Kier alpha value is -5.31. The van der Waals surface area contributed by atoms with Crippen LogP contribution in [-0.2, 0) is 0 Å². The normalized spacial score (nSPS) is 11.0. The molecule has 4 heterocycles. The van der Waals surface area contributed by atoms with Crippen molar-refractivity contribution in [3.05, 3.63) is 91.9 Å². The van der Waals surface area contributed by atoms with E-state index in [9.17, 15) is 0 Å². The molecule has 0 aliphatic carbocycles. The molecule has 0 radical (unpaired) electrons. The number of furan rings is 2. The number of benzene rings is 2. The third kappa shape index (κ3) is 3.74. The van der Waals surface area contributed by atoms with E-state index in [1.807, 2.05) is 60.7 Å². The van der Waals surface area contributed by atoms with E-state index in [2.05, 4.69) is 25.6 Å². The molecule has 9 heteroatoms. The van der Waals surface area contributed by atoms with Gasteiger partial charge in [-0.3, -0.25) is 4.98 Å². The minimum Gasteiger partial charge on any atom is -0.448 e. The van der Waals surface area contributed by atoms with Crippen molar-refractivity contribution < 1.29 is 8.83 Å². The second kappa shape index (κ2) is 8.80. The number of fused-ring (bicyclic) bond motifs is 1. The predicted molar refractivity (Wildman–Crippen MR) is 140 cm³/mol. The van der Waals surface area contributed by atoms with Gasteiger partial charge in [-0.25, -0.2) is 9.97 Å². The van der Waals surface area contributed by atoms with Gasteiger partial charge in [0.2, 0.25) is 11.8 Å². The summed E-state index contributed by atoms with van der Waals surface area (Å²) in [4.78, 5) is 13.7. The van der Waals surface area contributed by atoms with Gasteiger partial charge in [0.1, 0.15) is 6.33 Å². The summed E-state index contributed by atoms with van der Waals surface area (Å²) in [5.41, 5.74) is 19.3. The van der Waals surface area contributed by atoms with Gasteiger partial charge in [0.15, 0.2) is 0 Å². The Kier molecular flexibility index (Phi) is 5.19. The summed E-state index contributed by atoms with van der Waals surface area (Å²) in [5.74, 6) is 1.03. The molecule has 0 fully saturated rings. The van der Waals surface area contributed by atoms with E-state index in [1.54, 1.807) is 24.9 Å². The van der Waals surface area contributed by atoms with Gasteiger partial charge in [-0.15, -0.1) is 0 Å². The molecule has 0 amide bonds. The molecule has 2 aromatic carbocycles. The third-order valence-electron chi connectivity index (χ3n) is 5.84. The van der Waals surface area contributed by atoms with E-state index in [0.29, 0.717) is 34.5 Å². The summed E-state index contributed by atoms with van der Waals surface area (Å²) in [6, 6.07) is 18.6. The van der Waals surface area contributed by atoms with E-state index in [4.69, 9.17) is 20.3 Å². The Morgan fingerprint density at radius 1 is 0.583 bits per heavy atom. The Morgan fingerprint density at radius 2 is 1.06 bits per heavy atom. The number of rotatable bonds is 6. The first-order valence-corrected chi connectivity index (χ1v) is 11.2. The lowest BCUT2D eigenvalue weighted by atomic mass is 10.0. The first-order valence-electron chi connectivity index (χ1n) is 11.2. The fourth-order valence-electron chi connectivity index (χ4n) is 4.07. The zero-order valence-electron chi connectivity index (χ0n) is 19.0. The van der Waals surface area contributed by atoms with Crippen molar-refractivity contribution in [3.63, 3.8) is 0 Å². The standard InChI is InChI=1S/C27H21N7O2/c28-20-5-1-3-7-22(20)33-26-16(9-11-35-26)24-18-13-30-14-19(18)25(32-15-31-24)17-10-12-36-27(17)34-23-8-4-2-6-21(23)29/h1-15,33-34H,28-29H2. The van der Waals surface area contributed by atoms with Gasteiger partial charge in [0.25, 0.3) is 0 Å². The minimum absolute atomic E-state index is 0.515. The molecule has 0 spiro atoms. The molecule has 36 heavy (non-hydrogen) atoms. The lowest BCUT2D eigenvalue weighted by Gasteiger charge is -2.10. The Balaban J connectivity index is 1.40. The summed E-state index contributed by atoms with van der Waals surface area (Å²) in [7, 11) is 0. The molecule has 9 nitrogen and oxygen atoms in total. The molecule has 2 aliphatic rings. The zero-order valence-corrected chi connectivity index (χ0v) is 19.0. The van der Waals surface area contributed by atoms with Crippen LogP contribution in [0.4, 0.5) is 34.5 Å². The molecule has 2 aliphatic heterocycles. The molecular formula is C27H21N7O2. The number of para-hydroxylation sites is 4. The van der Waals surface area contributed by atoms with Crippen LogP contribution in [0.3, 0.4) is 0 Å². The van der Waals surface area contributed by atoms with E-state index < -0.39 is 0 Å². The topological polar surface area (TPSA) is 141 Å². The van der Waals surface area contributed by atoms with Gasteiger partial charge >= 0.3 is 0 Å². The van der Waals surface area contributed by atoms with E-state index >= 15 is 0 Å². The summed E-state index contributed by atoms with van der Waals surface area (Å²) in [6.07, 6.45) is 8.25. The molecule has 0 unspecified atom stereocenters. The van der Waals surface area contributed by atoms with Crippen molar-refractivity contribution in [2.24, 2.45) is 0 Å². The van der Waals surface area contributed by atoms with Gasteiger partial charge in [-0.05, 0) is 36.4 Å². The molecule has 0 saturated heterocycles. The summed E-state index contributed by atoms with van der Waals surface area (Å²) in [6.45, 7) is 0. The highest BCUT2D eigenvalue weighted by Crippen LogP contribution is 2.42. The lowest BCUT2D eigenvalue weighted by Crippen LogP contribution is -1.96. The maximum atomic E-state index is 6.11. The molecule has 176 valence electrons. The number of nitrogens with zero attached hydrogens (tertiary/aromatic N) is 3. The van der Waals surface area contributed by atoms with Gasteiger partial charge < -0.3 is 30.9 Å². The van der Waals surface area contributed by atoms with Crippen LogP contribution in [0.25, 0.3) is 33.6 Å². The fourth-order valence-corrected chi connectivity index (χ4v) is 4.07. The summed E-state index contributed by atoms with van der Waals surface area (Å²) >= 11 is 0. The quantitative estimate of drug-likeness (QED) is 0.209. The number of nitrogens with one attached hydrogen (secondary N) is 2. The van der Waals surface area contributed by atoms with E-state index in [1.165, 1.54) is 6.33 Å². The monoisotopic (exact) mass is 475 g/mol. The lowest BCUT2D eigenvalue weighted by molar-refractivity contribution is 0.585. The first-order chi connectivity index (χ1) is 17.7. The smallest absolute Gasteiger partial charge is 0.206 e. The molecule has 6 rings (SSSR count). The molecule has 0 atom stereocenters. The van der Waals surface area contributed by atoms with Crippen molar-refractivity contribution in [1.29, 1.82) is 0 Å². The molecule has 4 aromatic rings. The predicted octanol–water partition coefficient (Wildman–Crippen LogP) is 6.15. The summed E-state index contributed by atoms with van der Waals surface area (Å²) in [5, 5.41) is 6.52. The first kappa shape index (κ1) is 21.2. The average Bonchev–Trinajstić information content (AvgIpc) is 3.63. The number of anilines is 6. The van der Waals surface area contributed by atoms with Crippen molar-refractivity contribution in [3.8, 4) is 33.6 Å². The minimum atomic E-state index is 0.515. The molecule has 2 aromatic heterocycles. The van der Waals surface area contributed by atoms with Crippen molar-refractivity contribution in [2.75, 3.05) is 22.1 Å². The van der Waals surface area contributed by atoms with Gasteiger partial charge in [-0.2, -0.15) is 0 Å². The second-order valence-corrected chi connectivity index (χ2v) is 8.06. The van der Waals surface area contributed by atoms with Crippen molar-refractivity contribution in [2.45, 2.75) is 0 Å². The number of nitrogen functional groups attached to an aromatic ring is 2. The number of aromatic nitrogens is 3. The van der Waals surface area contributed by atoms with Crippen LogP contribution >= 0.6 is 0 Å². The Bertz CT molecular complexity index is 1520. The number of nitrogens with two attached hydrogens (primary N) is 2. The highest BCUT2D eigenvalue weighted by atomic mass is 16.3. The van der Waals surface area contributed by atoms with Gasteiger partial charge in [-0.1, -0.05) is 24.3 Å². The highest BCUT2D eigenvalue weighted by Gasteiger charge is 2.23. The van der Waals surface area contributed by atoms with Gasteiger partial charge in [0, 0.05) is 23.5 Å². The van der Waals surface area contributed by atoms with Gasteiger partial charge in [0.05, 0.1) is 57.8 Å². The Morgan fingerprint density at radius 3 is 1.53 bits per heavy atom. The van der Waals surface area contributed by atoms with Crippen LogP contribution in [0.15, 0.2) is 101 Å². The fraction of sp³-hybridized carbons (Fsp3) is 0. The largest absolute Gasteiger partial charge is 0.448 e.